The third-order valence-corrected chi connectivity index (χ3v) is 10.6. The zero-order valence-electron chi connectivity index (χ0n) is 27.1. The topological polar surface area (TPSA) is 18.1 Å². The first kappa shape index (κ1) is 27.3. The van der Waals surface area contributed by atoms with E-state index < -0.39 is 0 Å². The summed E-state index contributed by atoms with van der Waals surface area (Å²) in [5, 5.41) is 12.5. The van der Waals surface area contributed by atoms with Gasteiger partial charge >= 0.3 is 0 Å². The van der Waals surface area contributed by atoms with Crippen LogP contribution in [0.4, 0.5) is 0 Å². The molecule has 0 atom stereocenters. The van der Waals surface area contributed by atoms with E-state index in [0.29, 0.717) is 0 Å². The summed E-state index contributed by atoms with van der Waals surface area (Å²) in [7, 11) is 0. The number of aromatic nitrogens is 1. The summed E-state index contributed by atoms with van der Waals surface area (Å²) in [6.07, 6.45) is 0. The highest BCUT2D eigenvalue weighted by Gasteiger charge is 2.17. The molecule has 50 heavy (non-hydrogen) atoms. The molecule has 9 aromatic carbocycles. The number of para-hydroxylation sites is 3. The summed E-state index contributed by atoms with van der Waals surface area (Å²) >= 11 is 0. The molecule has 0 N–H and O–H groups in total. The second kappa shape index (κ2) is 10.4. The van der Waals surface area contributed by atoms with Gasteiger partial charge in [-0.2, -0.15) is 0 Å². The van der Waals surface area contributed by atoms with E-state index in [0.717, 1.165) is 38.8 Å². The lowest BCUT2D eigenvalue weighted by Gasteiger charge is -2.13. The molecule has 0 aliphatic rings. The minimum Gasteiger partial charge on any atom is -0.455 e. The lowest BCUT2D eigenvalue weighted by molar-refractivity contribution is 0.670. The molecule has 232 valence electrons. The third-order valence-electron chi connectivity index (χ3n) is 10.6. The van der Waals surface area contributed by atoms with Gasteiger partial charge in [0.05, 0.1) is 11.0 Å². The molecule has 0 fully saturated rings. The molecule has 2 heteroatoms. The molecule has 2 nitrogen and oxygen atoms in total. The van der Waals surface area contributed by atoms with Gasteiger partial charge in [0.15, 0.2) is 0 Å². The minimum atomic E-state index is 0.917. The van der Waals surface area contributed by atoms with Gasteiger partial charge in [0.25, 0.3) is 0 Å². The van der Waals surface area contributed by atoms with E-state index in [1.54, 1.807) is 0 Å². The summed E-state index contributed by atoms with van der Waals surface area (Å²) < 4.78 is 8.84. The normalized spacial score (nSPS) is 12.0. The van der Waals surface area contributed by atoms with Crippen LogP contribution in [0.5, 0.6) is 0 Å². The van der Waals surface area contributed by atoms with Crippen LogP contribution in [0.1, 0.15) is 0 Å². The highest BCUT2D eigenvalue weighted by atomic mass is 16.3. The molecule has 0 saturated heterocycles. The van der Waals surface area contributed by atoms with Gasteiger partial charge in [0, 0.05) is 32.8 Å². The van der Waals surface area contributed by atoms with Gasteiger partial charge < -0.3 is 8.98 Å². The van der Waals surface area contributed by atoms with Crippen molar-refractivity contribution in [3.63, 3.8) is 0 Å². The van der Waals surface area contributed by atoms with Gasteiger partial charge in [0.2, 0.25) is 0 Å². The Morgan fingerprint density at radius 3 is 1.68 bits per heavy atom. The molecule has 0 radical (unpaired) electrons. The molecule has 0 amide bonds. The first-order valence-corrected chi connectivity index (χ1v) is 17.2. The van der Waals surface area contributed by atoms with Crippen LogP contribution >= 0.6 is 0 Å². The second-order valence-electron chi connectivity index (χ2n) is 13.3. The second-order valence-corrected chi connectivity index (χ2v) is 13.3. The molecule has 0 bridgehead atoms. The fourth-order valence-corrected chi connectivity index (χ4v) is 8.30. The van der Waals surface area contributed by atoms with E-state index in [1.807, 2.05) is 12.1 Å². The van der Waals surface area contributed by atoms with Crippen LogP contribution < -0.4 is 0 Å². The van der Waals surface area contributed by atoms with Crippen molar-refractivity contribution in [3.8, 4) is 27.9 Å². The van der Waals surface area contributed by atoms with Crippen LogP contribution in [-0.4, -0.2) is 4.57 Å². The summed E-state index contributed by atoms with van der Waals surface area (Å²) in [5.74, 6) is 0. The highest BCUT2D eigenvalue weighted by molar-refractivity contribution is 6.25. The molecule has 0 aliphatic carbocycles. The molecule has 0 aliphatic heterocycles. The smallest absolute Gasteiger partial charge is 0.143 e. The molecule has 0 saturated carbocycles. The maximum atomic E-state index is 6.43. The number of nitrogens with zero attached hydrogens (tertiary/aromatic N) is 1. The van der Waals surface area contributed by atoms with E-state index in [2.05, 4.69) is 168 Å². The van der Waals surface area contributed by atoms with E-state index in [-0.39, 0.29) is 0 Å². The van der Waals surface area contributed by atoms with Gasteiger partial charge in [-0.05, 0) is 91.5 Å². The highest BCUT2D eigenvalue weighted by Crippen LogP contribution is 2.41. The zero-order valence-corrected chi connectivity index (χ0v) is 27.1. The number of rotatable bonds is 3. The lowest BCUT2D eigenvalue weighted by Crippen LogP contribution is -1.94. The fraction of sp³-hybridized carbons (Fsp3) is 0. The Labute approximate surface area is 288 Å². The van der Waals surface area contributed by atoms with Crippen molar-refractivity contribution < 1.29 is 4.42 Å². The van der Waals surface area contributed by atoms with E-state index in [1.165, 1.54) is 65.3 Å². The predicted molar refractivity (Wildman–Crippen MR) is 211 cm³/mol. The Hall–Kier alpha value is -6.64. The Morgan fingerprint density at radius 2 is 0.880 bits per heavy atom. The minimum absolute atomic E-state index is 0.917. The van der Waals surface area contributed by atoms with Gasteiger partial charge in [-0.25, -0.2) is 0 Å². The van der Waals surface area contributed by atoms with Crippen molar-refractivity contribution in [2.75, 3.05) is 0 Å². The largest absolute Gasteiger partial charge is 0.455 e. The van der Waals surface area contributed by atoms with E-state index >= 15 is 0 Å². The summed E-state index contributed by atoms with van der Waals surface area (Å²) in [4.78, 5) is 0. The van der Waals surface area contributed by atoms with Gasteiger partial charge in [-0.1, -0.05) is 133 Å². The Morgan fingerprint density at radius 1 is 0.320 bits per heavy atom. The van der Waals surface area contributed by atoms with Crippen LogP contribution in [0.2, 0.25) is 0 Å². The number of furan rings is 1. The quantitative estimate of drug-likeness (QED) is 0.177. The molecular weight excluding hydrogens is 607 g/mol. The van der Waals surface area contributed by atoms with Crippen LogP contribution in [0, 0.1) is 0 Å². The monoisotopic (exact) mass is 635 g/mol. The molecule has 2 heterocycles. The molecular formula is C48H29NO. The standard InChI is InChI=1S/C48H29NO/c1-2-15-37-35(13-1)36-14-3-4-16-38(36)43-28-31(23-25-39(37)43)30-11-9-12-33(27-30)49-45-21-7-5-17-40(45)44-29-32(24-26-46(44)49)34-19-10-20-42-41-18-6-8-22-47(41)50-48(34)42/h1-29H. The first-order chi connectivity index (χ1) is 24.8. The number of hydrogen-bond acceptors (Lipinski definition) is 1. The van der Waals surface area contributed by atoms with Crippen LogP contribution in [0.25, 0.3) is 104 Å². The average molecular weight is 636 g/mol. The summed E-state index contributed by atoms with van der Waals surface area (Å²) in [5.41, 5.74) is 10.0. The SMILES string of the molecule is c1cc(-c2ccc3c4ccccc4c4ccccc4c3c2)cc(-n2c3ccccc3c3cc(-c4cccc5c4oc4ccccc45)ccc32)c1. The average Bonchev–Trinajstić information content (AvgIpc) is 3.73. The summed E-state index contributed by atoms with van der Waals surface area (Å²) in [6.45, 7) is 0. The molecule has 0 unspecified atom stereocenters. The molecule has 2 aromatic heterocycles. The maximum absolute atomic E-state index is 6.43. The van der Waals surface area contributed by atoms with Crippen LogP contribution in [0.15, 0.2) is 180 Å². The molecule has 0 spiro atoms. The number of hydrogen-bond donors (Lipinski definition) is 0. The van der Waals surface area contributed by atoms with Crippen molar-refractivity contribution in [1.29, 1.82) is 0 Å². The van der Waals surface area contributed by atoms with Crippen LogP contribution in [0.3, 0.4) is 0 Å². The lowest BCUT2D eigenvalue weighted by atomic mass is 9.92. The van der Waals surface area contributed by atoms with Crippen molar-refractivity contribution >= 4 is 76.1 Å². The van der Waals surface area contributed by atoms with E-state index in [4.69, 9.17) is 4.42 Å². The Kier molecular flexibility index (Phi) is 5.70. The Balaban J connectivity index is 1.09. The van der Waals surface area contributed by atoms with Gasteiger partial charge in [0.1, 0.15) is 11.2 Å². The molecule has 11 aromatic rings. The molecule has 11 rings (SSSR count). The predicted octanol–water partition coefficient (Wildman–Crippen LogP) is 13.5. The maximum Gasteiger partial charge on any atom is 0.143 e. The Bertz CT molecular complexity index is 3120. The van der Waals surface area contributed by atoms with Crippen molar-refractivity contribution in [1.82, 2.24) is 4.57 Å². The van der Waals surface area contributed by atoms with Gasteiger partial charge in [-0.15, -0.1) is 0 Å². The van der Waals surface area contributed by atoms with Crippen molar-refractivity contribution in [2.24, 2.45) is 0 Å². The van der Waals surface area contributed by atoms with Crippen molar-refractivity contribution in [2.45, 2.75) is 0 Å². The summed E-state index contributed by atoms with van der Waals surface area (Å²) in [6, 6.07) is 63.8. The van der Waals surface area contributed by atoms with Crippen molar-refractivity contribution in [3.05, 3.63) is 176 Å². The fourth-order valence-electron chi connectivity index (χ4n) is 8.30. The van der Waals surface area contributed by atoms with Gasteiger partial charge in [-0.3, -0.25) is 0 Å². The zero-order chi connectivity index (χ0) is 32.8. The first-order valence-electron chi connectivity index (χ1n) is 17.2. The third kappa shape index (κ3) is 3.90. The van der Waals surface area contributed by atoms with Crippen LogP contribution in [-0.2, 0) is 0 Å². The number of benzene rings is 9. The number of fused-ring (bicyclic) bond motifs is 12. The van der Waals surface area contributed by atoms with E-state index in [9.17, 15) is 0 Å².